The maximum Gasteiger partial charge on any atom is 0.340 e. The Morgan fingerprint density at radius 2 is 0.915 bits per heavy atom. The lowest BCUT2D eigenvalue weighted by molar-refractivity contribution is -0.220. The van der Waals surface area contributed by atoms with Gasteiger partial charge in [0.15, 0.2) is 64.0 Å². The first-order valence-electron chi connectivity index (χ1n) is 13.3. The third-order valence-electron chi connectivity index (χ3n) is 6.29. The number of ether oxygens (including phenoxy) is 4. The molecule has 3 aromatic rings. The summed E-state index contributed by atoms with van der Waals surface area (Å²) in [5.74, 6) is -12.1. The summed E-state index contributed by atoms with van der Waals surface area (Å²) < 4.78 is 20.8. The molecule has 0 spiro atoms. The molecule has 0 fully saturated rings. The molecule has 254 valence electrons. The van der Waals surface area contributed by atoms with E-state index in [-0.39, 0.29) is 0 Å². The van der Waals surface area contributed by atoms with Gasteiger partial charge < -0.3 is 75.1 Å². The lowest BCUT2D eigenvalue weighted by atomic mass is 10.1. The molecule has 0 aliphatic heterocycles. The zero-order chi connectivity index (χ0) is 35.3. The van der Waals surface area contributed by atoms with Gasteiger partial charge in [-0.05, 0) is 50.2 Å². The van der Waals surface area contributed by atoms with Crippen molar-refractivity contribution < 1.29 is 89.5 Å². The smallest absolute Gasteiger partial charge is 0.340 e. The van der Waals surface area contributed by atoms with Gasteiger partial charge in [-0.1, -0.05) is 0 Å². The van der Waals surface area contributed by atoms with E-state index in [1.165, 1.54) is 6.92 Å². The second-order valence-corrected chi connectivity index (χ2v) is 10.0. The number of carbonyl (C=O) groups excluding carboxylic acids is 3. The van der Waals surface area contributed by atoms with Crippen LogP contribution >= 0.6 is 0 Å². The lowest BCUT2D eigenvalue weighted by Crippen LogP contribution is -2.50. The molecule has 0 bridgehead atoms. The van der Waals surface area contributed by atoms with Crippen molar-refractivity contribution in [3.05, 3.63) is 53.1 Å². The highest BCUT2D eigenvalue weighted by Gasteiger charge is 2.39. The van der Waals surface area contributed by atoms with E-state index in [9.17, 15) is 70.6 Å². The van der Waals surface area contributed by atoms with Crippen LogP contribution < -0.4 is 0 Å². The molecule has 47 heavy (non-hydrogen) atoms. The van der Waals surface area contributed by atoms with Crippen LogP contribution in [0.5, 0.6) is 51.7 Å². The van der Waals surface area contributed by atoms with Crippen molar-refractivity contribution in [2.45, 2.75) is 44.6 Å². The number of hydrogen-bond donors (Lipinski definition) is 11. The van der Waals surface area contributed by atoms with Crippen LogP contribution in [0.15, 0.2) is 36.4 Å². The third kappa shape index (κ3) is 8.45. The number of aliphatic hydroxyl groups excluding tert-OH is 2. The summed E-state index contributed by atoms with van der Waals surface area (Å²) in [6.07, 6.45) is -9.46. The number of esters is 3. The summed E-state index contributed by atoms with van der Waals surface area (Å²) in [5.41, 5.74) is -1.52. The van der Waals surface area contributed by atoms with Crippen molar-refractivity contribution in [3.8, 4) is 51.7 Å². The average molecular weight is 667 g/mol. The van der Waals surface area contributed by atoms with E-state index < -0.39 is 124 Å². The van der Waals surface area contributed by atoms with Crippen molar-refractivity contribution in [3.63, 3.8) is 0 Å². The first kappa shape index (κ1) is 35.6. The van der Waals surface area contributed by atoms with Gasteiger partial charge in [0, 0.05) is 0 Å². The number of phenolic OH excluding ortho intramolecular Hbond substituents is 9. The van der Waals surface area contributed by atoms with E-state index in [0.29, 0.717) is 24.3 Å². The summed E-state index contributed by atoms with van der Waals surface area (Å²) in [6.45, 7) is 1.64. The van der Waals surface area contributed by atoms with Crippen LogP contribution in [0.2, 0.25) is 0 Å². The van der Waals surface area contributed by atoms with Gasteiger partial charge in [-0.15, -0.1) is 0 Å². The summed E-state index contributed by atoms with van der Waals surface area (Å²) in [6, 6.07) is 4.34. The van der Waals surface area contributed by atoms with Crippen LogP contribution in [0.1, 0.15) is 44.9 Å². The van der Waals surface area contributed by atoms with Gasteiger partial charge in [0.2, 0.25) is 6.29 Å². The zero-order valence-electron chi connectivity index (χ0n) is 24.3. The highest BCUT2D eigenvalue weighted by Crippen LogP contribution is 2.38. The molecule has 0 heterocycles. The number of rotatable bonds is 12. The summed E-state index contributed by atoms with van der Waals surface area (Å²) >= 11 is 0. The topological polar surface area (TPSA) is 311 Å². The number of hydrogen-bond acceptors (Lipinski definition) is 18. The van der Waals surface area contributed by atoms with Crippen molar-refractivity contribution in [2.75, 3.05) is 6.61 Å². The van der Waals surface area contributed by atoms with Crippen LogP contribution in [0, 0.1) is 0 Å². The predicted octanol–water partition coefficient (Wildman–Crippen LogP) is 0.749. The Hall–Kier alpha value is -5.85. The SMILES string of the molecule is CC(COC(=O)c1cc(O)c(O)c(O)c1)OC(OC(=O)c1cc(O)c(O)c(O)c1)C(O)C(OC(=O)c1cc(O)c(O)c(O)c1)C(C)O. The molecule has 0 saturated heterocycles. The quantitative estimate of drug-likeness (QED) is 0.0549. The number of benzene rings is 3. The molecular formula is C29H30O18. The molecule has 0 aliphatic rings. The number of carbonyl (C=O) groups is 3. The van der Waals surface area contributed by atoms with Gasteiger partial charge in [-0.2, -0.15) is 0 Å². The largest absolute Gasteiger partial charge is 0.504 e. The Bertz CT molecular complexity index is 1580. The summed E-state index contributed by atoms with van der Waals surface area (Å²) in [4.78, 5) is 38.1. The van der Waals surface area contributed by atoms with E-state index in [4.69, 9.17) is 18.9 Å². The minimum absolute atomic E-state index is 0.396. The van der Waals surface area contributed by atoms with Crippen LogP contribution in [0.3, 0.4) is 0 Å². The fourth-order valence-electron chi connectivity index (χ4n) is 3.86. The number of aliphatic hydroxyl groups is 2. The second kappa shape index (κ2) is 14.5. The van der Waals surface area contributed by atoms with Crippen LogP contribution in [0.4, 0.5) is 0 Å². The minimum atomic E-state index is -2.26. The van der Waals surface area contributed by atoms with Crippen LogP contribution in [-0.4, -0.2) is 111 Å². The number of aromatic hydroxyl groups is 9. The number of phenols is 9. The lowest BCUT2D eigenvalue weighted by Gasteiger charge is -2.32. The molecule has 3 aromatic carbocycles. The summed E-state index contributed by atoms with van der Waals surface area (Å²) in [7, 11) is 0. The van der Waals surface area contributed by atoms with Gasteiger partial charge in [0.05, 0.1) is 28.9 Å². The Morgan fingerprint density at radius 3 is 1.28 bits per heavy atom. The van der Waals surface area contributed by atoms with Gasteiger partial charge in [0.25, 0.3) is 0 Å². The monoisotopic (exact) mass is 666 g/mol. The molecule has 0 saturated carbocycles. The fraction of sp³-hybridized carbons (Fsp3) is 0.276. The Kier molecular flexibility index (Phi) is 11.0. The van der Waals surface area contributed by atoms with Gasteiger partial charge in [0.1, 0.15) is 6.61 Å². The molecule has 0 radical (unpaired) electrons. The fourth-order valence-corrected chi connectivity index (χ4v) is 3.86. The Balaban J connectivity index is 1.86. The van der Waals surface area contributed by atoms with E-state index in [0.717, 1.165) is 19.1 Å². The predicted molar refractivity (Wildman–Crippen MR) is 151 cm³/mol. The third-order valence-corrected chi connectivity index (χ3v) is 6.29. The van der Waals surface area contributed by atoms with Crippen molar-refractivity contribution in [2.24, 2.45) is 0 Å². The first-order valence-corrected chi connectivity index (χ1v) is 13.3. The minimum Gasteiger partial charge on any atom is -0.504 e. The second-order valence-electron chi connectivity index (χ2n) is 10.0. The molecule has 0 aromatic heterocycles. The molecule has 18 heteroatoms. The maximum absolute atomic E-state index is 12.9. The Morgan fingerprint density at radius 1 is 0.574 bits per heavy atom. The molecule has 5 unspecified atom stereocenters. The molecule has 11 N–H and O–H groups in total. The summed E-state index contributed by atoms with van der Waals surface area (Å²) in [5, 5.41) is 108. The van der Waals surface area contributed by atoms with Crippen molar-refractivity contribution in [1.82, 2.24) is 0 Å². The average Bonchev–Trinajstić information content (AvgIpc) is 3.00. The van der Waals surface area contributed by atoms with E-state index >= 15 is 0 Å². The molecule has 18 nitrogen and oxygen atoms in total. The van der Waals surface area contributed by atoms with E-state index in [1.54, 1.807) is 0 Å². The Labute approximate surface area is 263 Å². The molecule has 3 rings (SSSR count). The van der Waals surface area contributed by atoms with Crippen molar-refractivity contribution >= 4 is 17.9 Å². The normalized spacial score (nSPS) is 14.3. The van der Waals surface area contributed by atoms with Crippen LogP contribution in [-0.2, 0) is 18.9 Å². The molecule has 0 amide bonds. The van der Waals surface area contributed by atoms with Gasteiger partial charge >= 0.3 is 17.9 Å². The molecule has 0 aliphatic carbocycles. The first-order chi connectivity index (χ1) is 21.9. The van der Waals surface area contributed by atoms with E-state index in [1.807, 2.05) is 0 Å². The van der Waals surface area contributed by atoms with Gasteiger partial charge in [-0.3, -0.25) is 0 Å². The van der Waals surface area contributed by atoms with E-state index in [2.05, 4.69) is 0 Å². The standard InChI is InChI=1S/C29H30O18/c1-10(9-44-26(41)12-3-15(31)21(37)16(32)4-12)45-29(47-28(43)14-7-19(35)23(39)20(36)8-14)24(40)25(11(2)30)46-27(42)13-5-17(33)22(38)18(34)6-13/h3-8,10-11,24-25,29-40H,9H2,1-2H3. The zero-order valence-corrected chi connectivity index (χ0v) is 24.3. The van der Waals surface area contributed by atoms with Crippen LogP contribution in [0.25, 0.3) is 0 Å². The van der Waals surface area contributed by atoms with Gasteiger partial charge in [-0.25, -0.2) is 14.4 Å². The molecular weight excluding hydrogens is 636 g/mol. The highest BCUT2D eigenvalue weighted by molar-refractivity contribution is 5.92. The van der Waals surface area contributed by atoms with Crippen molar-refractivity contribution in [1.29, 1.82) is 0 Å². The maximum atomic E-state index is 12.9. The molecule has 5 atom stereocenters. The highest BCUT2D eigenvalue weighted by atomic mass is 16.7.